The fourth-order valence-electron chi connectivity index (χ4n) is 1.79. The number of methoxy groups -OCH3 is 1. The van der Waals surface area contributed by atoms with Crippen molar-refractivity contribution in [3.05, 3.63) is 29.8 Å². The Hall–Kier alpha value is -1.59. The molecule has 1 aromatic rings. The predicted molar refractivity (Wildman–Crippen MR) is 70.9 cm³/mol. The molecule has 0 aromatic heterocycles. The lowest BCUT2D eigenvalue weighted by Gasteiger charge is -2.18. The first-order chi connectivity index (χ1) is 8.67. The summed E-state index contributed by atoms with van der Waals surface area (Å²) in [6.07, 6.45) is 1.24. The van der Waals surface area contributed by atoms with Crippen molar-refractivity contribution in [2.24, 2.45) is 5.84 Å². The first-order valence-corrected chi connectivity index (χ1v) is 5.97. The molecule has 0 radical (unpaired) electrons. The lowest BCUT2D eigenvalue weighted by atomic mass is 10.2. The second kappa shape index (κ2) is 7.68. The first-order valence-electron chi connectivity index (χ1n) is 5.97. The minimum Gasteiger partial charge on any atom is -0.496 e. The highest BCUT2D eigenvalue weighted by molar-refractivity contribution is 5.75. The van der Waals surface area contributed by atoms with Gasteiger partial charge in [-0.05, 0) is 26.1 Å². The predicted octanol–water partition coefficient (Wildman–Crippen LogP) is 0.897. The third-order valence-electron chi connectivity index (χ3n) is 2.74. The second-order valence-electron chi connectivity index (χ2n) is 4.22. The number of nitrogens with one attached hydrogen (secondary N) is 1. The largest absolute Gasteiger partial charge is 0.496 e. The molecule has 5 nitrogen and oxygen atoms in total. The van der Waals surface area contributed by atoms with Crippen molar-refractivity contribution in [3.63, 3.8) is 0 Å². The van der Waals surface area contributed by atoms with Gasteiger partial charge in [0.05, 0.1) is 7.11 Å². The molecule has 0 atom stereocenters. The molecule has 0 spiro atoms. The summed E-state index contributed by atoms with van der Waals surface area (Å²) < 4.78 is 5.30. The summed E-state index contributed by atoms with van der Waals surface area (Å²) in [4.78, 5) is 13.1. The Labute approximate surface area is 108 Å². The van der Waals surface area contributed by atoms with Crippen molar-refractivity contribution >= 4 is 5.91 Å². The lowest BCUT2D eigenvalue weighted by Crippen LogP contribution is -2.30. The fourth-order valence-corrected chi connectivity index (χ4v) is 1.79. The Balaban J connectivity index is 2.39. The summed E-state index contributed by atoms with van der Waals surface area (Å²) in [5.74, 6) is 5.79. The maximum atomic E-state index is 11.0. The molecule has 5 heteroatoms. The zero-order chi connectivity index (χ0) is 13.4. The van der Waals surface area contributed by atoms with Crippen LogP contribution in [-0.2, 0) is 11.3 Å². The third kappa shape index (κ3) is 4.73. The number of hydrazine groups is 1. The van der Waals surface area contributed by atoms with Gasteiger partial charge >= 0.3 is 0 Å². The van der Waals surface area contributed by atoms with Crippen LogP contribution < -0.4 is 16.0 Å². The van der Waals surface area contributed by atoms with Crippen LogP contribution in [0.5, 0.6) is 5.75 Å². The molecule has 1 amide bonds. The molecule has 0 aliphatic heterocycles. The number of nitrogens with two attached hydrogens (primary N) is 1. The van der Waals surface area contributed by atoms with Gasteiger partial charge in [-0.3, -0.25) is 10.2 Å². The van der Waals surface area contributed by atoms with Gasteiger partial charge in [0.1, 0.15) is 5.75 Å². The molecule has 0 saturated heterocycles. The van der Waals surface area contributed by atoms with Gasteiger partial charge in [-0.25, -0.2) is 5.84 Å². The van der Waals surface area contributed by atoms with E-state index in [1.807, 2.05) is 31.3 Å². The zero-order valence-electron chi connectivity index (χ0n) is 11.0. The number of hydrogen-bond acceptors (Lipinski definition) is 4. The number of para-hydroxylation sites is 1. The monoisotopic (exact) mass is 251 g/mol. The van der Waals surface area contributed by atoms with Gasteiger partial charge in [0.15, 0.2) is 0 Å². The highest BCUT2D eigenvalue weighted by atomic mass is 16.5. The number of carbonyl (C=O) groups is 1. The van der Waals surface area contributed by atoms with Crippen molar-refractivity contribution in [1.29, 1.82) is 0 Å². The Morgan fingerprint density at radius 1 is 1.44 bits per heavy atom. The zero-order valence-corrected chi connectivity index (χ0v) is 11.0. The van der Waals surface area contributed by atoms with E-state index in [0.29, 0.717) is 6.42 Å². The van der Waals surface area contributed by atoms with Crippen LogP contribution in [0.4, 0.5) is 0 Å². The molecular weight excluding hydrogens is 230 g/mol. The minimum atomic E-state index is -0.124. The number of carbonyl (C=O) groups excluding carboxylic acids is 1. The summed E-state index contributed by atoms with van der Waals surface area (Å²) >= 11 is 0. The number of benzene rings is 1. The summed E-state index contributed by atoms with van der Waals surface area (Å²) in [5.41, 5.74) is 3.27. The normalized spacial score (nSPS) is 10.4. The highest BCUT2D eigenvalue weighted by Crippen LogP contribution is 2.18. The molecule has 0 saturated carbocycles. The minimum absolute atomic E-state index is 0.124. The van der Waals surface area contributed by atoms with Crippen LogP contribution >= 0.6 is 0 Å². The summed E-state index contributed by atoms with van der Waals surface area (Å²) in [5, 5.41) is 0. The second-order valence-corrected chi connectivity index (χ2v) is 4.22. The van der Waals surface area contributed by atoms with Gasteiger partial charge in [0.25, 0.3) is 0 Å². The standard InChI is InChI=1S/C13H21N3O2/c1-16(9-5-8-13(17)15-14)10-11-6-3-4-7-12(11)18-2/h3-4,6-7H,5,8-10,14H2,1-2H3,(H,15,17). The number of hydrogen-bond donors (Lipinski definition) is 2. The summed E-state index contributed by atoms with van der Waals surface area (Å²) in [7, 11) is 3.69. The maximum absolute atomic E-state index is 11.0. The SMILES string of the molecule is COc1ccccc1CN(C)CCCC(=O)NN. The molecule has 0 aliphatic rings. The Morgan fingerprint density at radius 2 is 2.17 bits per heavy atom. The quantitative estimate of drug-likeness (QED) is 0.429. The van der Waals surface area contributed by atoms with Crippen LogP contribution in [0.1, 0.15) is 18.4 Å². The molecule has 18 heavy (non-hydrogen) atoms. The van der Waals surface area contributed by atoms with Crippen LogP contribution in [0.3, 0.4) is 0 Å². The molecule has 1 rings (SSSR count). The molecule has 0 unspecified atom stereocenters. The lowest BCUT2D eigenvalue weighted by molar-refractivity contribution is -0.121. The first kappa shape index (κ1) is 14.5. The summed E-state index contributed by atoms with van der Waals surface area (Å²) in [6.45, 7) is 1.64. The number of nitrogens with zero attached hydrogens (tertiary/aromatic N) is 1. The van der Waals surface area contributed by atoms with Crippen LogP contribution in [-0.4, -0.2) is 31.5 Å². The van der Waals surface area contributed by atoms with Crippen molar-refractivity contribution in [2.45, 2.75) is 19.4 Å². The topological polar surface area (TPSA) is 67.6 Å². The molecule has 0 bridgehead atoms. The fraction of sp³-hybridized carbons (Fsp3) is 0.462. The number of rotatable bonds is 7. The number of ether oxygens (including phenoxy) is 1. The van der Waals surface area contributed by atoms with E-state index in [9.17, 15) is 4.79 Å². The van der Waals surface area contributed by atoms with Crippen LogP contribution in [0.2, 0.25) is 0 Å². The molecular formula is C13H21N3O2. The van der Waals surface area contributed by atoms with Gasteiger partial charge in [-0.15, -0.1) is 0 Å². The average molecular weight is 251 g/mol. The van der Waals surface area contributed by atoms with Gasteiger partial charge in [-0.1, -0.05) is 18.2 Å². The van der Waals surface area contributed by atoms with Crippen LogP contribution in [0, 0.1) is 0 Å². The van der Waals surface area contributed by atoms with Crippen molar-refractivity contribution in [1.82, 2.24) is 10.3 Å². The Kier molecular flexibility index (Phi) is 6.18. The van der Waals surface area contributed by atoms with Crippen LogP contribution in [0.25, 0.3) is 0 Å². The molecule has 0 heterocycles. The molecule has 0 aliphatic carbocycles. The molecule has 100 valence electrons. The van der Waals surface area contributed by atoms with Crippen molar-refractivity contribution in [3.8, 4) is 5.75 Å². The van der Waals surface area contributed by atoms with E-state index < -0.39 is 0 Å². The van der Waals surface area contributed by atoms with Gasteiger partial charge in [0.2, 0.25) is 5.91 Å². The Bertz CT molecular complexity index is 382. The molecule has 3 N–H and O–H groups in total. The number of amides is 1. The Morgan fingerprint density at radius 3 is 2.83 bits per heavy atom. The molecule has 1 aromatic carbocycles. The van der Waals surface area contributed by atoms with E-state index in [1.54, 1.807) is 7.11 Å². The van der Waals surface area contributed by atoms with Gasteiger partial charge < -0.3 is 9.64 Å². The van der Waals surface area contributed by atoms with Crippen molar-refractivity contribution < 1.29 is 9.53 Å². The highest BCUT2D eigenvalue weighted by Gasteiger charge is 2.06. The maximum Gasteiger partial charge on any atom is 0.233 e. The third-order valence-corrected chi connectivity index (χ3v) is 2.74. The summed E-state index contributed by atoms with van der Waals surface area (Å²) in [6, 6.07) is 7.94. The van der Waals surface area contributed by atoms with E-state index in [0.717, 1.165) is 30.8 Å². The van der Waals surface area contributed by atoms with Crippen LogP contribution in [0.15, 0.2) is 24.3 Å². The molecule has 0 fully saturated rings. The average Bonchev–Trinajstić information content (AvgIpc) is 2.39. The van der Waals surface area contributed by atoms with Gasteiger partial charge in [-0.2, -0.15) is 0 Å². The van der Waals surface area contributed by atoms with E-state index in [4.69, 9.17) is 10.6 Å². The van der Waals surface area contributed by atoms with Gasteiger partial charge in [0, 0.05) is 18.5 Å². The van der Waals surface area contributed by atoms with Crippen molar-refractivity contribution in [2.75, 3.05) is 20.7 Å². The van der Waals surface area contributed by atoms with E-state index in [-0.39, 0.29) is 5.91 Å². The van der Waals surface area contributed by atoms with E-state index in [2.05, 4.69) is 10.3 Å². The van der Waals surface area contributed by atoms with E-state index in [1.165, 1.54) is 0 Å². The van der Waals surface area contributed by atoms with E-state index >= 15 is 0 Å². The smallest absolute Gasteiger partial charge is 0.233 e.